The predicted molar refractivity (Wildman–Crippen MR) is 118 cm³/mol. The molecule has 3 aromatic rings. The number of benzene rings is 2. The molecule has 0 aliphatic carbocycles. The van der Waals surface area contributed by atoms with Crippen LogP contribution in [0.1, 0.15) is 43.1 Å². The highest BCUT2D eigenvalue weighted by atomic mass is 32.2. The Balaban J connectivity index is 1.66. The van der Waals surface area contributed by atoms with Gasteiger partial charge in [-0.05, 0) is 69.3 Å². The Labute approximate surface area is 188 Å². The molecular weight excluding hydrogens is 435 g/mol. The lowest BCUT2D eigenvalue weighted by Gasteiger charge is -2.16. The zero-order valence-corrected chi connectivity index (χ0v) is 18.6. The van der Waals surface area contributed by atoms with E-state index in [1.54, 1.807) is 31.2 Å². The van der Waals surface area contributed by atoms with Gasteiger partial charge in [0.05, 0.1) is 10.8 Å². The average molecular weight is 459 g/mol. The zero-order valence-electron chi connectivity index (χ0n) is 17.8. The van der Waals surface area contributed by atoms with E-state index < -0.39 is 17.3 Å². The average Bonchev–Trinajstić information content (AvgIpc) is 3.18. The summed E-state index contributed by atoms with van der Waals surface area (Å²) in [6.45, 7) is 6.09. The number of hydrogen-bond donors (Lipinski definition) is 2. The summed E-state index contributed by atoms with van der Waals surface area (Å²) in [6, 6.07) is 11.7. The highest BCUT2D eigenvalue weighted by molar-refractivity contribution is 8.00. The van der Waals surface area contributed by atoms with Crippen LogP contribution in [0.25, 0.3) is 0 Å². The van der Waals surface area contributed by atoms with Crippen LogP contribution in [0.3, 0.4) is 0 Å². The second-order valence-electron chi connectivity index (χ2n) is 6.93. The minimum atomic E-state index is -1.03. The fraction of sp³-hybridized carbons (Fsp3) is 0.273. The standard InChI is InChI=1S/C22H23FN4O4S/c1-4-27-19(13(2)31-18-11-7-16(23)8-12-18)25-26-22(27)32-14(3)20(28)24-17-9-5-15(6-10-17)21(29)30/h5-14H,4H2,1-3H3,(H,24,28)(H,29,30). The van der Waals surface area contributed by atoms with Gasteiger partial charge in [-0.2, -0.15) is 0 Å². The summed E-state index contributed by atoms with van der Waals surface area (Å²) in [4.78, 5) is 23.5. The molecule has 0 spiro atoms. The molecule has 0 radical (unpaired) electrons. The molecule has 2 unspecified atom stereocenters. The summed E-state index contributed by atoms with van der Waals surface area (Å²) in [7, 11) is 0. The summed E-state index contributed by atoms with van der Waals surface area (Å²) < 4.78 is 20.8. The van der Waals surface area contributed by atoms with Gasteiger partial charge in [0.2, 0.25) is 5.91 Å². The van der Waals surface area contributed by atoms with Crippen LogP contribution in [-0.4, -0.2) is 37.0 Å². The summed E-state index contributed by atoms with van der Waals surface area (Å²) in [6.07, 6.45) is -0.431. The Morgan fingerprint density at radius 3 is 2.38 bits per heavy atom. The third-order valence-electron chi connectivity index (χ3n) is 4.60. The normalized spacial score (nSPS) is 12.8. The van der Waals surface area contributed by atoms with E-state index in [4.69, 9.17) is 9.84 Å². The minimum Gasteiger partial charge on any atom is -0.483 e. The van der Waals surface area contributed by atoms with E-state index in [2.05, 4.69) is 15.5 Å². The first-order chi connectivity index (χ1) is 15.3. The number of amides is 1. The van der Waals surface area contributed by atoms with Crippen LogP contribution >= 0.6 is 11.8 Å². The van der Waals surface area contributed by atoms with Gasteiger partial charge < -0.3 is 19.7 Å². The van der Waals surface area contributed by atoms with Crippen molar-refractivity contribution in [3.8, 4) is 5.75 Å². The molecule has 1 heterocycles. The molecule has 2 N–H and O–H groups in total. The third-order valence-corrected chi connectivity index (χ3v) is 5.68. The van der Waals surface area contributed by atoms with Crippen LogP contribution < -0.4 is 10.1 Å². The number of thioether (sulfide) groups is 1. The van der Waals surface area contributed by atoms with E-state index in [0.717, 1.165) is 0 Å². The summed E-state index contributed by atoms with van der Waals surface area (Å²) in [5.74, 6) is -0.512. The topological polar surface area (TPSA) is 106 Å². The molecule has 2 atom stereocenters. The van der Waals surface area contributed by atoms with E-state index in [0.29, 0.717) is 29.0 Å². The Kier molecular flexibility index (Phi) is 7.47. The Hall–Kier alpha value is -3.40. The molecule has 1 aromatic heterocycles. The zero-order chi connectivity index (χ0) is 23.3. The molecule has 8 nitrogen and oxygen atoms in total. The molecule has 0 saturated carbocycles. The van der Waals surface area contributed by atoms with Gasteiger partial charge in [-0.3, -0.25) is 4.79 Å². The number of hydrogen-bond acceptors (Lipinski definition) is 6. The molecule has 3 rings (SSSR count). The van der Waals surface area contributed by atoms with E-state index in [-0.39, 0.29) is 17.3 Å². The van der Waals surface area contributed by atoms with Crippen molar-refractivity contribution >= 4 is 29.3 Å². The second kappa shape index (κ2) is 10.3. The second-order valence-corrected chi connectivity index (χ2v) is 8.24. The van der Waals surface area contributed by atoms with Crippen LogP contribution in [-0.2, 0) is 11.3 Å². The highest BCUT2D eigenvalue weighted by Gasteiger charge is 2.23. The van der Waals surface area contributed by atoms with Gasteiger partial charge in [-0.1, -0.05) is 11.8 Å². The largest absolute Gasteiger partial charge is 0.483 e. The van der Waals surface area contributed by atoms with Crippen molar-refractivity contribution in [2.75, 3.05) is 5.32 Å². The van der Waals surface area contributed by atoms with Gasteiger partial charge in [0.1, 0.15) is 11.6 Å². The quantitative estimate of drug-likeness (QED) is 0.458. The fourth-order valence-corrected chi connectivity index (χ4v) is 3.83. The Morgan fingerprint density at radius 2 is 1.78 bits per heavy atom. The predicted octanol–water partition coefficient (Wildman–Crippen LogP) is 4.39. The molecule has 0 aliphatic rings. The number of carbonyl (C=O) groups excluding carboxylic acids is 1. The highest BCUT2D eigenvalue weighted by Crippen LogP contribution is 2.27. The van der Waals surface area contributed by atoms with Gasteiger partial charge in [0, 0.05) is 12.2 Å². The minimum absolute atomic E-state index is 0.144. The van der Waals surface area contributed by atoms with Gasteiger partial charge in [0.25, 0.3) is 0 Å². The van der Waals surface area contributed by atoms with Crippen molar-refractivity contribution in [2.24, 2.45) is 0 Å². The molecule has 168 valence electrons. The maximum atomic E-state index is 13.1. The number of ether oxygens (including phenoxy) is 1. The first-order valence-electron chi connectivity index (χ1n) is 9.94. The molecule has 0 fully saturated rings. The van der Waals surface area contributed by atoms with E-state index in [1.807, 2.05) is 18.4 Å². The molecule has 32 heavy (non-hydrogen) atoms. The smallest absolute Gasteiger partial charge is 0.335 e. The molecular formula is C22H23FN4O4S. The Bertz CT molecular complexity index is 1090. The van der Waals surface area contributed by atoms with Crippen LogP contribution in [0.15, 0.2) is 53.7 Å². The number of halogens is 1. The Morgan fingerprint density at radius 1 is 1.12 bits per heavy atom. The lowest BCUT2D eigenvalue weighted by atomic mass is 10.2. The van der Waals surface area contributed by atoms with Crippen molar-refractivity contribution < 1.29 is 23.8 Å². The SMILES string of the molecule is CCn1c(SC(C)C(=O)Nc2ccc(C(=O)O)cc2)nnc1C(C)Oc1ccc(F)cc1. The maximum absolute atomic E-state index is 13.1. The number of carbonyl (C=O) groups is 2. The monoisotopic (exact) mass is 458 g/mol. The molecule has 2 aromatic carbocycles. The number of carboxylic acids is 1. The van der Waals surface area contributed by atoms with Gasteiger partial charge in [-0.25, -0.2) is 9.18 Å². The lowest BCUT2D eigenvalue weighted by Crippen LogP contribution is -2.23. The number of anilines is 1. The van der Waals surface area contributed by atoms with Gasteiger partial charge in [-0.15, -0.1) is 10.2 Å². The lowest BCUT2D eigenvalue weighted by molar-refractivity contribution is -0.115. The summed E-state index contributed by atoms with van der Waals surface area (Å²) >= 11 is 1.25. The van der Waals surface area contributed by atoms with Crippen molar-refractivity contribution in [2.45, 2.75) is 43.8 Å². The van der Waals surface area contributed by atoms with E-state index in [1.165, 1.54) is 36.0 Å². The van der Waals surface area contributed by atoms with Crippen molar-refractivity contribution in [3.63, 3.8) is 0 Å². The molecule has 0 aliphatic heterocycles. The van der Waals surface area contributed by atoms with Gasteiger partial charge in [0.15, 0.2) is 17.1 Å². The molecule has 1 amide bonds. The number of carboxylic acid groups (broad SMARTS) is 1. The van der Waals surface area contributed by atoms with Crippen LogP contribution in [0.2, 0.25) is 0 Å². The number of rotatable bonds is 9. The molecule has 0 saturated heterocycles. The van der Waals surface area contributed by atoms with Crippen LogP contribution in [0, 0.1) is 5.82 Å². The first kappa shape index (κ1) is 23.3. The number of nitrogens with zero attached hydrogens (tertiary/aromatic N) is 3. The first-order valence-corrected chi connectivity index (χ1v) is 10.8. The molecule has 10 heteroatoms. The van der Waals surface area contributed by atoms with Crippen LogP contribution in [0.5, 0.6) is 5.75 Å². The summed E-state index contributed by atoms with van der Waals surface area (Å²) in [5.41, 5.74) is 0.650. The number of aromatic nitrogens is 3. The van der Waals surface area contributed by atoms with Crippen molar-refractivity contribution in [1.82, 2.24) is 14.8 Å². The maximum Gasteiger partial charge on any atom is 0.335 e. The number of aromatic carboxylic acids is 1. The fourth-order valence-electron chi connectivity index (χ4n) is 2.91. The van der Waals surface area contributed by atoms with Crippen LogP contribution in [0.4, 0.5) is 10.1 Å². The van der Waals surface area contributed by atoms with Crippen molar-refractivity contribution in [1.29, 1.82) is 0 Å². The molecule has 0 bridgehead atoms. The van der Waals surface area contributed by atoms with E-state index in [9.17, 15) is 14.0 Å². The summed E-state index contributed by atoms with van der Waals surface area (Å²) in [5, 5.41) is 20.3. The number of nitrogens with one attached hydrogen (secondary N) is 1. The van der Waals surface area contributed by atoms with Gasteiger partial charge >= 0.3 is 5.97 Å². The van der Waals surface area contributed by atoms with Crippen molar-refractivity contribution in [3.05, 3.63) is 65.7 Å². The van der Waals surface area contributed by atoms with E-state index >= 15 is 0 Å². The third kappa shape index (κ3) is 5.64.